The van der Waals surface area contributed by atoms with Crippen LogP contribution in [0.5, 0.6) is 5.75 Å². The van der Waals surface area contributed by atoms with E-state index in [1.54, 1.807) is 23.2 Å². The monoisotopic (exact) mass is 352 g/mol. The third-order valence-corrected chi connectivity index (χ3v) is 4.98. The molecular weight excluding hydrogens is 332 g/mol. The van der Waals surface area contributed by atoms with Gasteiger partial charge in [0.25, 0.3) is 0 Å². The summed E-state index contributed by atoms with van der Waals surface area (Å²) in [6.45, 7) is 1.28. The largest absolute Gasteiger partial charge is 0.484 e. The van der Waals surface area contributed by atoms with Crippen molar-refractivity contribution in [2.24, 2.45) is 0 Å². The average molecular weight is 352 g/mol. The number of nitrogens with zero attached hydrogens (tertiary/aromatic N) is 2. The van der Waals surface area contributed by atoms with Gasteiger partial charge in [0.05, 0.1) is 6.42 Å². The normalized spacial score (nSPS) is 18.2. The topological polar surface area (TPSA) is 68.7 Å². The molecule has 0 atom stereocenters. The molecule has 26 heavy (non-hydrogen) atoms. The second kappa shape index (κ2) is 6.78. The number of Topliss-reactive ketones (excluding diaryl/α,β-unsaturated/α-hetero) is 1. The third kappa shape index (κ3) is 3.27. The number of benzene rings is 1. The van der Waals surface area contributed by atoms with Crippen molar-refractivity contribution >= 4 is 11.9 Å². The van der Waals surface area contributed by atoms with Crippen molar-refractivity contribution in [2.45, 2.75) is 31.5 Å². The first kappa shape index (κ1) is 16.6. The van der Waals surface area contributed by atoms with Crippen LogP contribution in [0, 0.1) is 0 Å². The van der Waals surface area contributed by atoms with Gasteiger partial charge in [-0.3, -0.25) is 4.79 Å². The molecule has 0 unspecified atom stereocenters. The van der Waals surface area contributed by atoms with Crippen LogP contribution in [0.15, 0.2) is 48.7 Å². The van der Waals surface area contributed by atoms with Crippen LogP contribution >= 0.6 is 0 Å². The van der Waals surface area contributed by atoms with E-state index < -0.39 is 5.60 Å². The fourth-order valence-electron chi connectivity index (χ4n) is 3.51. The number of hydrogen-bond acceptors (Lipinski definition) is 5. The van der Waals surface area contributed by atoms with Crippen LogP contribution in [-0.2, 0) is 11.3 Å². The SMILES string of the molecule is O=C1CC2(CCN(C(=O)OCc3ccccc3)CC2)Oc2cccnc21. The summed E-state index contributed by atoms with van der Waals surface area (Å²) in [7, 11) is 0. The van der Waals surface area contributed by atoms with E-state index in [2.05, 4.69) is 4.98 Å². The molecule has 1 saturated heterocycles. The number of hydrogen-bond donors (Lipinski definition) is 0. The summed E-state index contributed by atoms with van der Waals surface area (Å²) in [4.78, 5) is 30.5. The number of carbonyl (C=O) groups is 2. The molecule has 2 aromatic rings. The van der Waals surface area contributed by atoms with Gasteiger partial charge in [-0.2, -0.15) is 0 Å². The van der Waals surface area contributed by atoms with Crippen LogP contribution in [-0.4, -0.2) is 40.5 Å². The Morgan fingerprint density at radius 2 is 1.92 bits per heavy atom. The number of ether oxygens (including phenoxy) is 2. The van der Waals surface area contributed by atoms with E-state index in [0.29, 0.717) is 43.8 Å². The third-order valence-electron chi connectivity index (χ3n) is 4.98. The highest BCUT2D eigenvalue weighted by Gasteiger charge is 2.44. The summed E-state index contributed by atoms with van der Waals surface area (Å²) in [5, 5.41) is 0. The van der Waals surface area contributed by atoms with Gasteiger partial charge in [-0.25, -0.2) is 9.78 Å². The predicted molar refractivity (Wildman–Crippen MR) is 94.0 cm³/mol. The Kier molecular flexibility index (Phi) is 4.32. The lowest BCUT2D eigenvalue weighted by molar-refractivity contribution is -0.0105. The van der Waals surface area contributed by atoms with Crippen LogP contribution in [0.4, 0.5) is 4.79 Å². The zero-order chi connectivity index (χ0) is 18.0. The molecule has 0 radical (unpaired) electrons. The quantitative estimate of drug-likeness (QED) is 0.830. The molecule has 1 amide bonds. The van der Waals surface area contributed by atoms with Gasteiger partial charge in [-0.1, -0.05) is 30.3 Å². The van der Waals surface area contributed by atoms with Gasteiger partial charge in [0.1, 0.15) is 23.7 Å². The highest BCUT2D eigenvalue weighted by molar-refractivity contribution is 5.98. The van der Waals surface area contributed by atoms with E-state index in [1.807, 2.05) is 30.3 Å². The van der Waals surface area contributed by atoms with Crippen LogP contribution < -0.4 is 4.74 Å². The second-order valence-corrected chi connectivity index (χ2v) is 6.76. The minimum absolute atomic E-state index is 0.00644. The smallest absolute Gasteiger partial charge is 0.410 e. The highest BCUT2D eigenvalue weighted by atomic mass is 16.6. The molecule has 0 N–H and O–H groups in total. The molecule has 0 aliphatic carbocycles. The zero-order valence-electron chi connectivity index (χ0n) is 14.4. The number of amides is 1. The lowest BCUT2D eigenvalue weighted by atomic mass is 9.83. The number of rotatable bonds is 2. The van der Waals surface area contributed by atoms with Crippen LogP contribution in [0.2, 0.25) is 0 Å². The molecule has 1 fully saturated rings. The first-order chi connectivity index (χ1) is 12.7. The first-order valence-corrected chi connectivity index (χ1v) is 8.78. The molecule has 0 bridgehead atoms. The van der Waals surface area contributed by atoms with Crippen molar-refractivity contribution in [3.8, 4) is 5.75 Å². The molecule has 1 aromatic heterocycles. The van der Waals surface area contributed by atoms with Gasteiger partial charge in [0.15, 0.2) is 5.78 Å². The maximum atomic E-state index is 12.4. The zero-order valence-corrected chi connectivity index (χ0v) is 14.4. The van der Waals surface area contributed by atoms with E-state index in [4.69, 9.17) is 9.47 Å². The fraction of sp³-hybridized carbons (Fsp3) is 0.350. The summed E-state index contributed by atoms with van der Waals surface area (Å²) >= 11 is 0. The molecule has 6 heteroatoms. The summed E-state index contributed by atoms with van der Waals surface area (Å²) in [6, 6.07) is 13.1. The second-order valence-electron chi connectivity index (χ2n) is 6.76. The fourth-order valence-corrected chi connectivity index (χ4v) is 3.51. The molecule has 1 spiro atoms. The number of fused-ring (bicyclic) bond motifs is 1. The Balaban J connectivity index is 1.35. The summed E-state index contributed by atoms with van der Waals surface area (Å²) < 4.78 is 11.5. The van der Waals surface area contributed by atoms with E-state index in [0.717, 1.165) is 5.56 Å². The van der Waals surface area contributed by atoms with Crippen molar-refractivity contribution < 1.29 is 19.1 Å². The lowest BCUT2D eigenvalue weighted by Crippen LogP contribution is -2.52. The minimum atomic E-state index is -0.538. The number of piperidine rings is 1. The Labute approximate surface area is 151 Å². The van der Waals surface area contributed by atoms with Crippen molar-refractivity contribution in [1.82, 2.24) is 9.88 Å². The standard InChI is InChI=1S/C20H20N2O4/c23-16-13-20(26-17-7-4-10-21-18(16)17)8-11-22(12-9-20)19(24)25-14-15-5-2-1-3-6-15/h1-7,10H,8-9,11-14H2. The van der Waals surface area contributed by atoms with Gasteiger partial charge < -0.3 is 14.4 Å². The van der Waals surface area contributed by atoms with Gasteiger partial charge in [0, 0.05) is 32.1 Å². The van der Waals surface area contributed by atoms with Gasteiger partial charge >= 0.3 is 6.09 Å². The Morgan fingerprint density at radius 3 is 2.69 bits per heavy atom. The number of likely N-dealkylation sites (tertiary alicyclic amines) is 1. The summed E-state index contributed by atoms with van der Waals surface area (Å²) in [5.41, 5.74) is 0.825. The number of ketones is 1. The molecule has 3 heterocycles. The van der Waals surface area contributed by atoms with Crippen LogP contribution in [0.1, 0.15) is 35.3 Å². The van der Waals surface area contributed by atoms with E-state index >= 15 is 0 Å². The Hall–Kier alpha value is -2.89. The molecule has 2 aliphatic rings. The molecule has 0 saturated carbocycles. The van der Waals surface area contributed by atoms with Crippen molar-refractivity contribution in [3.63, 3.8) is 0 Å². The maximum absolute atomic E-state index is 12.4. The van der Waals surface area contributed by atoms with Gasteiger partial charge in [0.2, 0.25) is 0 Å². The van der Waals surface area contributed by atoms with Crippen LogP contribution in [0.25, 0.3) is 0 Å². The molecule has 134 valence electrons. The first-order valence-electron chi connectivity index (χ1n) is 8.78. The van der Waals surface area contributed by atoms with Crippen molar-refractivity contribution in [1.29, 1.82) is 0 Å². The van der Waals surface area contributed by atoms with Crippen molar-refractivity contribution in [3.05, 3.63) is 59.9 Å². The summed E-state index contributed by atoms with van der Waals surface area (Å²) in [6.07, 6.45) is 2.79. The maximum Gasteiger partial charge on any atom is 0.410 e. The Morgan fingerprint density at radius 1 is 1.15 bits per heavy atom. The van der Waals surface area contributed by atoms with E-state index in [1.165, 1.54) is 0 Å². The molecule has 6 nitrogen and oxygen atoms in total. The van der Waals surface area contributed by atoms with Crippen molar-refractivity contribution in [2.75, 3.05) is 13.1 Å². The molecule has 1 aromatic carbocycles. The summed E-state index contributed by atoms with van der Waals surface area (Å²) in [5.74, 6) is 0.552. The molecule has 2 aliphatic heterocycles. The number of carbonyl (C=O) groups excluding carboxylic acids is 2. The highest BCUT2D eigenvalue weighted by Crippen LogP contribution is 2.38. The van der Waals surface area contributed by atoms with Crippen LogP contribution in [0.3, 0.4) is 0 Å². The lowest BCUT2D eigenvalue weighted by Gasteiger charge is -2.43. The molecular formula is C20H20N2O4. The van der Waals surface area contributed by atoms with Gasteiger partial charge in [-0.05, 0) is 17.7 Å². The van der Waals surface area contributed by atoms with Gasteiger partial charge in [-0.15, -0.1) is 0 Å². The minimum Gasteiger partial charge on any atom is -0.484 e. The number of aromatic nitrogens is 1. The Bertz CT molecular complexity index is 814. The van der Waals surface area contributed by atoms with E-state index in [-0.39, 0.29) is 18.5 Å². The molecule has 4 rings (SSSR count). The number of pyridine rings is 1. The van der Waals surface area contributed by atoms with E-state index in [9.17, 15) is 9.59 Å². The average Bonchev–Trinajstić information content (AvgIpc) is 2.67. The predicted octanol–water partition coefficient (Wildman–Crippen LogP) is 3.22.